The summed E-state index contributed by atoms with van der Waals surface area (Å²) in [5.74, 6) is 5.91. The number of halogens is 3. The molecule has 2 N–H and O–H groups in total. The van der Waals surface area contributed by atoms with E-state index >= 15 is 0 Å². The molecule has 2 aromatic heterocycles. The van der Waals surface area contributed by atoms with Gasteiger partial charge in [-0.15, -0.1) is 17.4 Å². The third-order valence-corrected chi connectivity index (χ3v) is 5.21. The van der Waals surface area contributed by atoms with Crippen molar-refractivity contribution in [3.05, 3.63) is 69.0 Å². The zero-order chi connectivity index (χ0) is 28.3. The maximum atomic E-state index is 13.0. The normalized spacial score (nSPS) is 11.8. The number of hydrogen-bond donors (Lipinski definition) is 1. The average Bonchev–Trinajstić information content (AvgIpc) is 3.55. The Balaban J connectivity index is 0.000000318. The van der Waals surface area contributed by atoms with Gasteiger partial charge in [0, 0.05) is 10.9 Å². The minimum absolute atomic E-state index is 0.0428. The van der Waals surface area contributed by atoms with E-state index in [-0.39, 0.29) is 22.4 Å². The van der Waals surface area contributed by atoms with Crippen LogP contribution in [0.25, 0.3) is 11.1 Å². The maximum Gasteiger partial charge on any atom is 0.416 e. The molecular weight excluding hydrogens is 568 g/mol. The molecule has 4 rings (SSSR count). The van der Waals surface area contributed by atoms with Crippen LogP contribution in [0.3, 0.4) is 0 Å². The Morgan fingerprint density at radius 2 is 2.05 bits per heavy atom. The molecule has 1 aromatic carbocycles. The predicted molar refractivity (Wildman–Crippen MR) is 131 cm³/mol. The second-order valence-electron chi connectivity index (χ2n) is 7.40. The summed E-state index contributed by atoms with van der Waals surface area (Å²) < 4.78 is 47.0. The van der Waals surface area contributed by atoms with Crippen LogP contribution in [-0.2, 0) is 37.3 Å². The van der Waals surface area contributed by atoms with E-state index in [2.05, 4.69) is 53.8 Å². The third kappa shape index (κ3) is 9.23. The van der Waals surface area contributed by atoms with E-state index in [1.165, 1.54) is 37.6 Å². The van der Waals surface area contributed by atoms with Gasteiger partial charge in [0.1, 0.15) is 12.3 Å². The van der Waals surface area contributed by atoms with E-state index in [0.29, 0.717) is 5.92 Å². The van der Waals surface area contributed by atoms with Crippen LogP contribution in [0.1, 0.15) is 29.0 Å². The summed E-state index contributed by atoms with van der Waals surface area (Å²) in [4.78, 5) is 34.0. The molecule has 0 spiro atoms. The topological polar surface area (TPSA) is 117 Å². The summed E-state index contributed by atoms with van der Waals surface area (Å²) in [6.07, 6.45) is 0.485. The molecule has 0 unspecified atom stereocenters. The van der Waals surface area contributed by atoms with Gasteiger partial charge in [-0.3, -0.25) is 14.7 Å². The summed E-state index contributed by atoms with van der Waals surface area (Å²) >= 11 is 5.18. The average molecular weight is 587 g/mol. The van der Waals surface area contributed by atoms with Crippen LogP contribution in [0.2, 0.25) is 0 Å². The van der Waals surface area contributed by atoms with Gasteiger partial charge in [-0.2, -0.15) is 13.2 Å². The Bertz CT molecular complexity index is 1430. The van der Waals surface area contributed by atoms with Crippen molar-refractivity contribution in [2.24, 2.45) is 11.7 Å². The van der Waals surface area contributed by atoms with Crippen molar-refractivity contribution in [3.8, 4) is 28.7 Å². The van der Waals surface area contributed by atoms with E-state index in [9.17, 15) is 27.6 Å². The molecule has 0 bridgehead atoms. The van der Waals surface area contributed by atoms with Gasteiger partial charge in [0.15, 0.2) is 5.56 Å². The fourth-order valence-corrected chi connectivity index (χ4v) is 3.21. The van der Waals surface area contributed by atoms with Crippen LogP contribution in [0.4, 0.5) is 13.2 Å². The minimum Gasteiger partial charge on any atom is -0.497 e. The summed E-state index contributed by atoms with van der Waals surface area (Å²) in [7, 11) is 1.25. The smallest absolute Gasteiger partial charge is 0.416 e. The number of nitrogens with zero attached hydrogens (tertiary/aromatic N) is 3. The van der Waals surface area contributed by atoms with Crippen LogP contribution >= 0.6 is 11.3 Å². The summed E-state index contributed by atoms with van der Waals surface area (Å²) in [5.41, 5.74) is 5.63. The van der Waals surface area contributed by atoms with Gasteiger partial charge >= 0.3 is 32.4 Å². The molecule has 1 aliphatic rings. The molecule has 0 aliphatic heterocycles. The second kappa shape index (κ2) is 14.2. The van der Waals surface area contributed by atoms with E-state index in [1.807, 2.05) is 0 Å². The van der Waals surface area contributed by atoms with Gasteiger partial charge in [-0.25, -0.2) is 5.10 Å². The number of alkyl halides is 3. The molecule has 0 radical (unpaired) electrons. The number of benzene rings is 1. The Labute approximate surface area is 227 Å². The van der Waals surface area contributed by atoms with Crippen LogP contribution in [-0.4, -0.2) is 38.7 Å². The van der Waals surface area contributed by atoms with Crippen molar-refractivity contribution in [3.63, 3.8) is 0 Å². The van der Waals surface area contributed by atoms with E-state index in [1.54, 1.807) is 0 Å². The Kier molecular flexibility index (Phi) is 11.4. The summed E-state index contributed by atoms with van der Waals surface area (Å²) in [6, 6.07) is 3.57. The van der Waals surface area contributed by atoms with Crippen molar-refractivity contribution in [1.82, 2.24) is 14.8 Å². The first kappa shape index (κ1) is 30.4. The molecule has 1 aliphatic carbocycles. The standard InChI is InChI=1S/C16H12F3N2O4.C7H5N2S.C2H2.Ni/c1-25-13-3-2-10(16(17,18)19)5-11(13)12-6-21(7-14(20)23)15(24)4-9(12)8-22;1-2-6(1)3-4-7-9-8-5-10-7;1-2;/h2-6H,7H2,1H3,(H2,20,23);6H,1-2H2;1H2;/q2*-1;;. The number of amides is 1. The fourth-order valence-electron chi connectivity index (χ4n) is 2.85. The Morgan fingerprint density at radius 3 is 2.55 bits per heavy atom. The van der Waals surface area contributed by atoms with Gasteiger partial charge in [0.05, 0.1) is 19.0 Å². The molecule has 0 saturated heterocycles. The number of primary amides is 1. The number of methoxy groups -OCH3 is 1. The van der Waals surface area contributed by atoms with E-state index < -0.39 is 29.8 Å². The predicted octanol–water partition coefficient (Wildman–Crippen LogP) is 2.71. The molecule has 38 heavy (non-hydrogen) atoms. The first-order chi connectivity index (χ1) is 18.0. The van der Waals surface area contributed by atoms with E-state index in [0.717, 1.165) is 40.0 Å². The van der Waals surface area contributed by atoms with Gasteiger partial charge < -0.3 is 31.2 Å². The SMILES string of the molecule is C(#CC1CC1)c1nn[c-]s1.C=[C]=[Ni].COc1ccc(C(F)(F)F)cc1-c1cn(CC(N)=O)c(=O)cc1[C-]=O. The van der Waals surface area contributed by atoms with Crippen LogP contribution in [0.15, 0.2) is 41.8 Å². The van der Waals surface area contributed by atoms with Gasteiger partial charge in [-0.05, 0) is 36.7 Å². The number of aromatic nitrogens is 3. The van der Waals surface area contributed by atoms with Crippen LogP contribution < -0.4 is 16.0 Å². The van der Waals surface area contributed by atoms with Gasteiger partial charge in [0.25, 0.3) is 0 Å². The van der Waals surface area contributed by atoms with Crippen molar-refractivity contribution in [1.29, 1.82) is 0 Å². The fraction of sp³-hybridized carbons (Fsp3) is 0.240. The number of carbonyl (C=O) groups is 1. The molecule has 1 amide bonds. The second-order valence-corrected chi connectivity index (χ2v) is 8.52. The summed E-state index contributed by atoms with van der Waals surface area (Å²) in [6.45, 7) is 2.58. The number of carbonyl (C=O) groups excluding carboxylic acids is 2. The Hall–Kier alpha value is -3.84. The van der Waals surface area contributed by atoms with Crippen LogP contribution in [0, 0.1) is 23.3 Å². The zero-order valence-corrected chi connectivity index (χ0v) is 21.5. The molecular formula is C25H19F3N4NiO4S-2. The van der Waals surface area contributed by atoms with Crippen molar-refractivity contribution >= 4 is 28.2 Å². The number of hydrogen-bond acceptors (Lipinski definition) is 7. The van der Waals surface area contributed by atoms with Gasteiger partial charge in [0.2, 0.25) is 5.91 Å². The maximum absolute atomic E-state index is 13.0. The van der Waals surface area contributed by atoms with Crippen molar-refractivity contribution < 1.29 is 42.5 Å². The summed E-state index contributed by atoms with van der Waals surface area (Å²) in [5, 5.41) is 8.10. The number of rotatable bonds is 5. The molecule has 1 saturated carbocycles. The Morgan fingerprint density at radius 1 is 1.37 bits per heavy atom. The minimum atomic E-state index is -4.62. The molecule has 13 heteroatoms. The monoisotopic (exact) mass is 586 g/mol. The zero-order valence-electron chi connectivity index (χ0n) is 19.7. The van der Waals surface area contributed by atoms with E-state index in [4.69, 9.17) is 10.5 Å². The quantitative estimate of drug-likeness (QED) is 0.279. The van der Waals surface area contributed by atoms with Crippen LogP contribution in [0.5, 0.6) is 5.75 Å². The largest absolute Gasteiger partial charge is 0.497 e. The number of nitrogens with two attached hydrogens (primary N) is 1. The molecule has 3 aromatic rings. The number of ether oxygens (including phenoxy) is 1. The van der Waals surface area contributed by atoms with Crippen molar-refractivity contribution in [2.75, 3.05) is 7.11 Å². The molecule has 2 heterocycles. The van der Waals surface area contributed by atoms with Gasteiger partial charge in [-0.1, -0.05) is 23.2 Å². The molecule has 0 atom stereocenters. The molecule has 1 fully saturated rings. The van der Waals surface area contributed by atoms with Crippen molar-refractivity contribution in [2.45, 2.75) is 25.6 Å². The third-order valence-electron chi connectivity index (χ3n) is 4.66. The molecule has 8 nitrogen and oxygen atoms in total. The first-order valence-corrected chi connectivity index (χ1v) is 11.8. The molecule has 202 valence electrons. The number of pyridine rings is 1. The first-order valence-electron chi connectivity index (χ1n) is 10.5.